The second-order valence-electron chi connectivity index (χ2n) is 10.6. The fraction of sp³-hybridized carbons (Fsp3) is 0.500. The summed E-state index contributed by atoms with van der Waals surface area (Å²) in [5.41, 5.74) is 2.58. The van der Waals surface area contributed by atoms with E-state index in [1.54, 1.807) is 64.0 Å². The summed E-state index contributed by atoms with van der Waals surface area (Å²) in [7, 11) is 1.58. The van der Waals surface area contributed by atoms with Crippen molar-refractivity contribution >= 4 is 23.6 Å². The number of anilines is 1. The van der Waals surface area contributed by atoms with Gasteiger partial charge in [0.15, 0.2) is 0 Å². The first-order valence-electron chi connectivity index (χ1n) is 13.2. The summed E-state index contributed by atoms with van der Waals surface area (Å²) in [5, 5.41) is 5.61. The van der Waals surface area contributed by atoms with Crippen LogP contribution in [0.5, 0.6) is 5.75 Å². The van der Waals surface area contributed by atoms with Gasteiger partial charge in [0.25, 0.3) is 5.91 Å². The van der Waals surface area contributed by atoms with Gasteiger partial charge in [0.2, 0.25) is 5.91 Å². The molecule has 0 aromatic heterocycles. The quantitative estimate of drug-likeness (QED) is 0.355. The summed E-state index contributed by atoms with van der Waals surface area (Å²) >= 11 is 0. The van der Waals surface area contributed by atoms with Gasteiger partial charge in [0, 0.05) is 12.2 Å². The van der Waals surface area contributed by atoms with Crippen LogP contribution in [0.4, 0.5) is 10.5 Å². The van der Waals surface area contributed by atoms with Gasteiger partial charge in [-0.3, -0.25) is 9.59 Å². The topological polar surface area (TPSA) is 97.0 Å². The van der Waals surface area contributed by atoms with E-state index in [1.165, 1.54) is 0 Å². The molecular weight excluding hydrogens is 482 g/mol. The minimum Gasteiger partial charge on any atom is -0.497 e. The number of rotatable bonds is 11. The number of hydrogen-bond acceptors (Lipinski definition) is 5. The highest BCUT2D eigenvalue weighted by Crippen LogP contribution is 2.28. The average Bonchev–Trinajstić information content (AvgIpc) is 2.83. The van der Waals surface area contributed by atoms with Gasteiger partial charge >= 0.3 is 6.09 Å². The molecule has 0 spiro atoms. The highest BCUT2D eigenvalue weighted by molar-refractivity contribution is 5.99. The molecule has 2 N–H and O–H groups in total. The van der Waals surface area contributed by atoms with E-state index in [0.717, 1.165) is 36.0 Å². The van der Waals surface area contributed by atoms with Crippen LogP contribution in [0.2, 0.25) is 0 Å². The zero-order valence-corrected chi connectivity index (χ0v) is 24.0. The fourth-order valence-corrected chi connectivity index (χ4v) is 4.16. The first-order chi connectivity index (χ1) is 17.9. The third-order valence-electron chi connectivity index (χ3n) is 6.03. The Balaban J connectivity index is 2.46. The molecule has 208 valence electrons. The van der Waals surface area contributed by atoms with Crippen LogP contribution in [0.3, 0.4) is 0 Å². The molecule has 8 nitrogen and oxygen atoms in total. The third-order valence-corrected chi connectivity index (χ3v) is 6.03. The van der Waals surface area contributed by atoms with Crippen LogP contribution in [0.25, 0.3) is 0 Å². The summed E-state index contributed by atoms with van der Waals surface area (Å²) in [6.07, 6.45) is 1.90. The maximum atomic E-state index is 13.9. The van der Waals surface area contributed by atoms with Crippen molar-refractivity contribution < 1.29 is 23.9 Å². The number of alkyl carbamates (subject to hydrolysis) is 1. The van der Waals surface area contributed by atoms with Crippen molar-refractivity contribution in [3.05, 3.63) is 59.2 Å². The molecule has 0 saturated heterocycles. The van der Waals surface area contributed by atoms with Crippen molar-refractivity contribution in [1.82, 2.24) is 10.2 Å². The number of unbranched alkanes of at least 4 members (excludes halogenated alkanes) is 2. The molecule has 38 heavy (non-hydrogen) atoms. The molecule has 0 heterocycles. The maximum absolute atomic E-state index is 13.9. The molecule has 0 fully saturated rings. The summed E-state index contributed by atoms with van der Waals surface area (Å²) < 4.78 is 10.6. The molecule has 0 saturated carbocycles. The van der Waals surface area contributed by atoms with E-state index in [0.29, 0.717) is 18.0 Å². The molecule has 2 unspecified atom stereocenters. The van der Waals surface area contributed by atoms with Crippen molar-refractivity contribution in [1.29, 1.82) is 0 Å². The summed E-state index contributed by atoms with van der Waals surface area (Å²) in [6, 6.07) is 11.1. The predicted molar refractivity (Wildman–Crippen MR) is 150 cm³/mol. The number of ether oxygens (including phenoxy) is 2. The van der Waals surface area contributed by atoms with Crippen LogP contribution < -0.4 is 15.4 Å². The van der Waals surface area contributed by atoms with Gasteiger partial charge in [-0.25, -0.2) is 4.79 Å². The van der Waals surface area contributed by atoms with Gasteiger partial charge in [-0.2, -0.15) is 0 Å². The van der Waals surface area contributed by atoms with Gasteiger partial charge in [-0.1, -0.05) is 43.5 Å². The average molecular weight is 526 g/mol. The molecule has 2 aromatic carbocycles. The molecule has 0 aliphatic heterocycles. The highest BCUT2D eigenvalue weighted by atomic mass is 16.6. The Bertz CT molecular complexity index is 1090. The number of carbonyl (C=O) groups is 3. The monoisotopic (exact) mass is 525 g/mol. The van der Waals surface area contributed by atoms with Crippen molar-refractivity contribution in [3.63, 3.8) is 0 Å². The molecule has 3 amide bonds. The Morgan fingerprint density at radius 1 is 1.00 bits per heavy atom. The minimum absolute atomic E-state index is 0.337. The number of methoxy groups -OCH3 is 1. The van der Waals surface area contributed by atoms with E-state index in [-0.39, 0.29) is 11.8 Å². The smallest absolute Gasteiger partial charge is 0.408 e. The lowest BCUT2D eigenvalue weighted by atomic mass is 9.96. The van der Waals surface area contributed by atoms with Gasteiger partial charge in [0.1, 0.15) is 23.4 Å². The molecular formula is C30H43N3O5. The van der Waals surface area contributed by atoms with E-state index in [4.69, 9.17) is 9.47 Å². The second kappa shape index (κ2) is 13.8. The molecule has 0 aliphatic rings. The molecule has 2 aromatic rings. The lowest BCUT2D eigenvalue weighted by Crippen LogP contribution is -2.51. The number of hydrogen-bond donors (Lipinski definition) is 2. The van der Waals surface area contributed by atoms with Gasteiger partial charge in [-0.15, -0.1) is 0 Å². The first kappa shape index (κ1) is 30.7. The van der Waals surface area contributed by atoms with Crippen LogP contribution >= 0.6 is 0 Å². The van der Waals surface area contributed by atoms with Crippen molar-refractivity contribution in [2.24, 2.45) is 0 Å². The molecule has 2 atom stereocenters. The van der Waals surface area contributed by atoms with E-state index < -0.39 is 23.8 Å². The Morgan fingerprint density at radius 3 is 2.21 bits per heavy atom. The van der Waals surface area contributed by atoms with Gasteiger partial charge < -0.3 is 25.0 Å². The lowest BCUT2D eigenvalue weighted by Gasteiger charge is -2.34. The second-order valence-corrected chi connectivity index (χ2v) is 10.6. The molecule has 0 radical (unpaired) electrons. The standard InChI is InChI=1S/C30H43N3O5/c1-9-10-11-18-33(28(35)22(4)31-29(36)38-30(5,6)7)26(25-17-12-20(2)19-21(25)3)27(34)32-23-13-15-24(37-8)16-14-23/h12-17,19,22,26H,9-11,18H2,1-8H3,(H,31,36)(H,32,34). The number of nitrogens with one attached hydrogen (secondary N) is 2. The molecule has 2 rings (SSSR count). The van der Waals surface area contributed by atoms with E-state index >= 15 is 0 Å². The predicted octanol–water partition coefficient (Wildman–Crippen LogP) is 5.92. The molecule has 0 aliphatic carbocycles. The van der Waals surface area contributed by atoms with Crippen molar-refractivity contribution in [2.75, 3.05) is 19.0 Å². The minimum atomic E-state index is -0.898. The normalized spacial score (nSPS) is 12.7. The summed E-state index contributed by atoms with van der Waals surface area (Å²) in [4.78, 5) is 41.7. The van der Waals surface area contributed by atoms with E-state index in [1.807, 2.05) is 32.0 Å². The Hall–Kier alpha value is -3.55. The Kier molecular flexibility index (Phi) is 11.2. The number of aryl methyl sites for hydroxylation is 2. The van der Waals surface area contributed by atoms with Crippen molar-refractivity contribution in [2.45, 2.75) is 85.4 Å². The largest absolute Gasteiger partial charge is 0.497 e. The van der Waals surface area contributed by atoms with Crippen LogP contribution in [-0.2, 0) is 14.3 Å². The number of benzene rings is 2. The van der Waals surface area contributed by atoms with E-state index in [9.17, 15) is 14.4 Å². The Labute approximate surface area is 227 Å². The molecule has 0 bridgehead atoms. The van der Waals surface area contributed by atoms with Crippen molar-refractivity contribution in [3.8, 4) is 5.75 Å². The van der Waals surface area contributed by atoms with E-state index in [2.05, 4.69) is 17.6 Å². The van der Waals surface area contributed by atoms with Crippen LogP contribution in [0, 0.1) is 13.8 Å². The number of amides is 3. The number of nitrogens with zero attached hydrogens (tertiary/aromatic N) is 1. The SMILES string of the molecule is CCCCCN(C(=O)C(C)NC(=O)OC(C)(C)C)C(C(=O)Nc1ccc(OC)cc1)c1ccc(C)cc1C. The molecule has 8 heteroatoms. The van der Waals surface area contributed by atoms with Gasteiger partial charge in [0.05, 0.1) is 7.11 Å². The lowest BCUT2D eigenvalue weighted by molar-refractivity contribution is -0.140. The summed E-state index contributed by atoms with van der Waals surface area (Å²) in [5.74, 6) is -0.0226. The summed E-state index contributed by atoms with van der Waals surface area (Å²) in [6.45, 7) is 13.3. The number of carbonyl (C=O) groups excluding carboxylic acids is 3. The van der Waals surface area contributed by atoms with Crippen LogP contribution in [0.1, 0.15) is 76.6 Å². The van der Waals surface area contributed by atoms with Crippen LogP contribution in [-0.4, -0.2) is 48.1 Å². The zero-order chi connectivity index (χ0) is 28.5. The zero-order valence-electron chi connectivity index (χ0n) is 24.0. The Morgan fingerprint density at radius 2 is 1.66 bits per heavy atom. The maximum Gasteiger partial charge on any atom is 0.408 e. The van der Waals surface area contributed by atoms with Gasteiger partial charge in [-0.05, 0) is 83.4 Å². The highest BCUT2D eigenvalue weighted by Gasteiger charge is 2.35. The van der Waals surface area contributed by atoms with Crippen LogP contribution in [0.15, 0.2) is 42.5 Å². The first-order valence-corrected chi connectivity index (χ1v) is 13.2. The third kappa shape index (κ3) is 9.08. The fourth-order valence-electron chi connectivity index (χ4n) is 4.16.